The van der Waals surface area contributed by atoms with Crippen LogP contribution in [0.2, 0.25) is 0 Å². The highest BCUT2D eigenvalue weighted by Gasteiger charge is 2.64. The number of aromatic nitrogens is 1. The highest BCUT2D eigenvalue weighted by molar-refractivity contribution is 9.10. The number of benzene rings is 1. The lowest BCUT2D eigenvalue weighted by atomic mass is 10.2. The fraction of sp³-hybridized carbons (Fsp3) is 0. The Bertz CT molecular complexity index is 741. The number of rotatable bonds is 3. The van der Waals surface area contributed by atoms with E-state index in [-0.39, 0.29) is 5.56 Å². The Morgan fingerprint density at radius 2 is 1.68 bits per heavy atom. The molecule has 0 atom stereocenters. The number of nitrogen functional groups attached to an aromatic ring is 1. The molecule has 0 fully saturated rings. The van der Waals surface area contributed by atoms with Crippen molar-refractivity contribution in [1.29, 1.82) is 0 Å². The Labute approximate surface area is 137 Å². The van der Waals surface area contributed by atoms with Gasteiger partial charge in [0.2, 0.25) is 9.84 Å². The molecule has 22 heavy (non-hydrogen) atoms. The number of nitrogens with two attached hydrogens (primary N) is 1. The van der Waals surface area contributed by atoms with Crippen molar-refractivity contribution in [2.24, 2.45) is 0 Å². The first-order valence-electron chi connectivity index (χ1n) is 5.76. The first kappa shape index (κ1) is 17.1. The van der Waals surface area contributed by atoms with Crippen LogP contribution in [-0.4, -0.2) is 4.98 Å². The van der Waals surface area contributed by atoms with Gasteiger partial charge in [0.1, 0.15) is 0 Å². The van der Waals surface area contributed by atoms with Crippen molar-refractivity contribution < 1.29 is 15.5 Å². The first-order chi connectivity index (χ1) is 9.90. The van der Waals surface area contributed by atoms with Gasteiger partial charge in [-0.25, -0.2) is 4.98 Å². The first-order valence-corrected chi connectivity index (χ1v) is 9.05. The van der Waals surface area contributed by atoms with Gasteiger partial charge < -0.3 is 5.73 Å². The number of hydrogen-bond donors (Lipinski definition) is 1. The van der Waals surface area contributed by atoms with Crippen LogP contribution in [0.3, 0.4) is 0 Å². The topological polar surface area (TPSA) is 38.9 Å². The molecular weight excluding hydrogens is 408 g/mol. The highest BCUT2D eigenvalue weighted by Crippen LogP contribution is 3.01. The molecule has 0 amide bonds. The van der Waals surface area contributed by atoms with Gasteiger partial charge in [-0.1, -0.05) is 23.7 Å². The lowest BCUT2D eigenvalue weighted by Crippen LogP contribution is -2.12. The summed E-state index contributed by atoms with van der Waals surface area (Å²) >= 11 is 8.61. The van der Waals surface area contributed by atoms with Crippen LogP contribution in [0.15, 0.2) is 57.5 Å². The second-order valence-electron chi connectivity index (χ2n) is 4.54. The summed E-state index contributed by atoms with van der Waals surface area (Å²) in [6, 6.07) is 6.92. The summed E-state index contributed by atoms with van der Waals surface area (Å²) in [5.41, 5.74) is 5.81. The summed E-state index contributed by atoms with van der Waals surface area (Å²) in [7, 11) is -8.75. The zero-order valence-electron chi connectivity index (χ0n) is 10.8. The predicted octanol–water partition coefficient (Wildman–Crippen LogP) is 6.44. The standard InChI is InChI=1S/C13H10BrClF4N2S/c14-10-3-6-13(21-7-10)22(16,17,18,19)8-12(15)9-1-4-11(20)5-2-9/h1-8H,20H2/b12-8+. The molecule has 0 spiro atoms. The maximum absolute atomic E-state index is 14.2. The van der Waals surface area contributed by atoms with Crippen LogP contribution in [0.25, 0.3) is 5.03 Å². The molecule has 0 aliphatic rings. The van der Waals surface area contributed by atoms with E-state index in [2.05, 4.69) is 20.9 Å². The molecule has 0 saturated heterocycles. The summed E-state index contributed by atoms with van der Waals surface area (Å²) in [5.74, 6) is 0. The monoisotopic (exact) mass is 416 g/mol. The molecule has 9 heteroatoms. The van der Waals surface area contributed by atoms with Gasteiger partial charge in [-0.05, 0) is 45.8 Å². The van der Waals surface area contributed by atoms with Crippen molar-refractivity contribution in [3.8, 4) is 0 Å². The van der Waals surface area contributed by atoms with Crippen LogP contribution >= 0.6 is 37.4 Å². The van der Waals surface area contributed by atoms with Gasteiger partial charge in [0.15, 0.2) is 5.03 Å². The smallest absolute Gasteiger partial charge is 0.220 e. The molecule has 2 aromatic rings. The average Bonchev–Trinajstić information content (AvgIpc) is 2.37. The Hall–Kier alpha value is -1.25. The summed E-state index contributed by atoms with van der Waals surface area (Å²) in [6.45, 7) is 0. The van der Waals surface area contributed by atoms with Gasteiger partial charge in [0.25, 0.3) is 0 Å². The third-order valence-corrected chi connectivity index (χ3v) is 5.42. The number of hydrogen-bond acceptors (Lipinski definition) is 2. The zero-order chi connectivity index (χ0) is 16.7. The van der Waals surface area contributed by atoms with Crippen LogP contribution in [0.5, 0.6) is 0 Å². The molecule has 1 aromatic carbocycles. The number of nitrogens with zero attached hydrogens (tertiary/aromatic N) is 1. The lowest BCUT2D eigenvalue weighted by Gasteiger charge is -2.46. The number of pyridine rings is 1. The van der Waals surface area contributed by atoms with E-state index in [0.29, 0.717) is 16.2 Å². The molecule has 120 valence electrons. The molecule has 2 rings (SSSR count). The molecule has 0 saturated carbocycles. The Balaban J connectivity index is 2.57. The zero-order valence-corrected chi connectivity index (χ0v) is 14.0. The van der Waals surface area contributed by atoms with Crippen LogP contribution in [-0.2, 0) is 0 Å². The summed E-state index contributed by atoms with van der Waals surface area (Å²) in [4.78, 5) is 3.14. The molecular formula is C13H10BrClF4N2S. The number of anilines is 1. The molecule has 0 aliphatic heterocycles. The van der Waals surface area contributed by atoms with Crippen molar-refractivity contribution in [3.63, 3.8) is 0 Å². The summed E-state index contributed by atoms with van der Waals surface area (Å²) < 4.78 is 57.1. The normalized spacial score (nSPS) is 16.0. The summed E-state index contributed by atoms with van der Waals surface area (Å²) in [6.07, 6.45) is 0.874. The summed E-state index contributed by atoms with van der Waals surface area (Å²) in [5, 5.41) is -2.89. The van der Waals surface area contributed by atoms with Gasteiger partial charge in [0.05, 0.1) is 10.4 Å². The molecule has 0 unspecified atom stereocenters. The highest BCUT2D eigenvalue weighted by atomic mass is 79.9. The minimum atomic E-state index is -8.75. The van der Waals surface area contributed by atoms with Crippen LogP contribution in [0.1, 0.15) is 5.56 Å². The molecule has 1 heterocycles. The van der Waals surface area contributed by atoms with E-state index in [4.69, 9.17) is 17.3 Å². The Morgan fingerprint density at radius 3 is 2.18 bits per heavy atom. The quantitative estimate of drug-likeness (QED) is 0.461. The molecule has 0 radical (unpaired) electrons. The third-order valence-electron chi connectivity index (χ3n) is 2.66. The lowest BCUT2D eigenvalue weighted by molar-refractivity contribution is 0.459. The van der Waals surface area contributed by atoms with Gasteiger partial charge in [-0.3, -0.25) is 0 Å². The third kappa shape index (κ3) is 3.74. The SMILES string of the molecule is Nc1ccc(/C(Cl)=C\S(F)(F)(F)(F)c2ccc(Br)cn2)cc1. The van der Waals surface area contributed by atoms with Gasteiger partial charge >= 0.3 is 0 Å². The molecule has 1 aromatic heterocycles. The van der Waals surface area contributed by atoms with E-state index < -0.39 is 25.3 Å². The predicted molar refractivity (Wildman–Crippen MR) is 86.9 cm³/mol. The van der Waals surface area contributed by atoms with E-state index in [1.165, 1.54) is 24.3 Å². The van der Waals surface area contributed by atoms with E-state index in [1.54, 1.807) is 0 Å². The second-order valence-corrected chi connectivity index (χ2v) is 8.78. The number of halogens is 6. The largest absolute Gasteiger partial charge is 0.399 e. The van der Waals surface area contributed by atoms with Crippen molar-refractivity contribution in [1.82, 2.24) is 4.98 Å². The maximum Gasteiger partial charge on any atom is 0.220 e. The van der Waals surface area contributed by atoms with Crippen LogP contribution in [0, 0.1) is 0 Å². The van der Waals surface area contributed by atoms with Crippen LogP contribution < -0.4 is 5.73 Å². The fourth-order valence-electron chi connectivity index (χ4n) is 1.59. The minimum absolute atomic E-state index is 0.00331. The van der Waals surface area contributed by atoms with E-state index in [1.807, 2.05) is 0 Å². The molecule has 0 bridgehead atoms. The Kier molecular flexibility index (Phi) is 3.79. The van der Waals surface area contributed by atoms with Gasteiger partial charge in [-0.2, -0.15) is 0 Å². The average molecular weight is 418 g/mol. The Morgan fingerprint density at radius 1 is 1.09 bits per heavy atom. The maximum atomic E-state index is 14.2. The fourth-order valence-corrected chi connectivity index (χ4v) is 3.79. The molecule has 2 nitrogen and oxygen atoms in total. The second kappa shape index (κ2) is 4.87. The van der Waals surface area contributed by atoms with Crippen molar-refractivity contribution >= 4 is 48.1 Å². The van der Waals surface area contributed by atoms with Crippen molar-refractivity contribution in [2.45, 2.75) is 5.03 Å². The van der Waals surface area contributed by atoms with E-state index >= 15 is 0 Å². The van der Waals surface area contributed by atoms with E-state index in [0.717, 1.165) is 12.3 Å². The molecule has 0 aliphatic carbocycles. The van der Waals surface area contributed by atoms with E-state index in [9.17, 15) is 15.5 Å². The van der Waals surface area contributed by atoms with Crippen molar-refractivity contribution in [2.75, 3.05) is 5.73 Å². The van der Waals surface area contributed by atoms with Gasteiger partial charge in [-0.15, -0.1) is 15.5 Å². The van der Waals surface area contributed by atoms with Crippen molar-refractivity contribution in [3.05, 3.63) is 58.0 Å². The van der Waals surface area contributed by atoms with Crippen LogP contribution in [0.4, 0.5) is 21.2 Å². The minimum Gasteiger partial charge on any atom is -0.399 e. The van der Waals surface area contributed by atoms with Gasteiger partial charge in [0, 0.05) is 16.4 Å². The molecule has 2 N–H and O–H groups in total.